The van der Waals surface area contributed by atoms with E-state index in [4.69, 9.17) is 0 Å². The Morgan fingerprint density at radius 1 is 1.18 bits per heavy atom. The molecule has 0 aliphatic carbocycles. The first kappa shape index (κ1) is 12.0. The molecule has 2 aromatic rings. The van der Waals surface area contributed by atoms with E-state index >= 15 is 0 Å². The zero-order chi connectivity index (χ0) is 12.5. The van der Waals surface area contributed by atoms with Gasteiger partial charge in [0.1, 0.15) is 5.01 Å². The van der Waals surface area contributed by atoms with Gasteiger partial charge in [0.15, 0.2) is 0 Å². The lowest BCUT2D eigenvalue weighted by Gasteiger charge is -2.06. The molecule has 7 heteroatoms. The predicted octanol–water partition coefficient (Wildman–Crippen LogP) is 1.96. The molecule has 0 aliphatic rings. The van der Waals surface area contributed by atoms with Gasteiger partial charge in [0, 0.05) is 0 Å². The van der Waals surface area contributed by atoms with Crippen LogP contribution in [0.1, 0.15) is 10.6 Å². The number of benzene rings is 1. The normalized spacial score (nSPS) is 11.4. The van der Waals surface area contributed by atoms with Crippen molar-refractivity contribution >= 4 is 26.5 Å². The van der Waals surface area contributed by atoms with E-state index in [-0.39, 0.29) is 10.0 Å². The number of aromatic nitrogens is 2. The topological polar surface area (TPSA) is 72.0 Å². The number of nitrogens with one attached hydrogen (secondary N) is 1. The number of aryl methyl sites for hydroxylation is 2. The lowest BCUT2D eigenvalue weighted by Crippen LogP contribution is -2.13. The second kappa shape index (κ2) is 4.42. The van der Waals surface area contributed by atoms with Crippen LogP contribution < -0.4 is 4.72 Å². The number of rotatable bonds is 3. The molecule has 0 saturated carbocycles. The van der Waals surface area contributed by atoms with Gasteiger partial charge < -0.3 is 0 Å². The Balaban J connectivity index is 2.35. The quantitative estimate of drug-likeness (QED) is 0.924. The molecule has 5 nitrogen and oxygen atoms in total. The highest BCUT2D eigenvalue weighted by molar-refractivity contribution is 7.93. The molecule has 1 N–H and O–H groups in total. The van der Waals surface area contributed by atoms with Gasteiger partial charge in [-0.2, -0.15) is 0 Å². The van der Waals surface area contributed by atoms with E-state index in [1.54, 1.807) is 38.1 Å². The summed E-state index contributed by atoms with van der Waals surface area (Å²) in [6.07, 6.45) is 0. The maximum atomic E-state index is 12.1. The summed E-state index contributed by atoms with van der Waals surface area (Å²) in [4.78, 5) is 0.257. The van der Waals surface area contributed by atoms with Crippen LogP contribution in [0.2, 0.25) is 0 Å². The Hall–Kier alpha value is -1.47. The molecule has 0 bridgehead atoms. The second-order valence-electron chi connectivity index (χ2n) is 3.50. The first-order valence-corrected chi connectivity index (χ1v) is 7.17. The van der Waals surface area contributed by atoms with Gasteiger partial charge in [-0.1, -0.05) is 29.5 Å². The van der Waals surface area contributed by atoms with Crippen LogP contribution in [0, 0.1) is 13.8 Å². The molecule has 0 amide bonds. The summed E-state index contributed by atoms with van der Waals surface area (Å²) in [6, 6.07) is 6.79. The first-order valence-electron chi connectivity index (χ1n) is 4.87. The first-order chi connectivity index (χ1) is 7.99. The van der Waals surface area contributed by atoms with Gasteiger partial charge >= 0.3 is 0 Å². The minimum Gasteiger partial charge on any atom is -0.253 e. The largest absolute Gasteiger partial charge is 0.263 e. The van der Waals surface area contributed by atoms with E-state index in [2.05, 4.69) is 14.9 Å². The Morgan fingerprint density at radius 3 is 2.47 bits per heavy atom. The molecule has 0 fully saturated rings. The fourth-order valence-electron chi connectivity index (χ4n) is 1.37. The molecule has 0 aliphatic heterocycles. The van der Waals surface area contributed by atoms with Crippen LogP contribution in [0.3, 0.4) is 0 Å². The Labute approximate surface area is 104 Å². The summed E-state index contributed by atoms with van der Waals surface area (Å²) < 4.78 is 26.5. The number of nitrogens with zero attached hydrogens (tertiary/aromatic N) is 2. The molecule has 1 aromatic carbocycles. The number of hydrogen-bond donors (Lipinski definition) is 1. The van der Waals surface area contributed by atoms with Crippen LogP contribution in [0.25, 0.3) is 0 Å². The molecule has 1 heterocycles. The van der Waals surface area contributed by atoms with E-state index in [0.29, 0.717) is 10.6 Å². The van der Waals surface area contributed by atoms with Crippen molar-refractivity contribution in [1.29, 1.82) is 0 Å². The zero-order valence-electron chi connectivity index (χ0n) is 9.34. The minimum atomic E-state index is -3.57. The molecule has 17 heavy (non-hydrogen) atoms. The lowest BCUT2D eigenvalue weighted by molar-refractivity contribution is 0.600. The zero-order valence-corrected chi connectivity index (χ0v) is 11.0. The molecule has 2 rings (SSSR count). The monoisotopic (exact) mass is 269 g/mol. The SMILES string of the molecule is Cc1nnc(NS(=O)(=O)c2ccccc2C)s1. The summed E-state index contributed by atoms with van der Waals surface area (Å²) in [7, 11) is -3.57. The predicted molar refractivity (Wildman–Crippen MR) is 66.6 cm³/mol. The van der Waals surface area contributed by atoms with Crippen molar-refractivity contribution in [3.8, 4) is 0 Å². The molecule has 0 unspecified atom stereocenters. The highest BCUT2D eigenvalue weighted by Gasteiger charge is 2.17. The molecule has 90 valence electrons. The highest BCUT2D eigenvalue weighted by atomic mass is 32.2. The van der Waals surface area contributed by atoms with E-state index in [9.17, 15) is 8.42 Å². The van der Waals surface area contributed by atoms with Crippen molar-refractivity contribution in [3.05, 3.63) is 34.8 Å². The molecular formula is C10H11N3O2S2. The van der Waals surface area contributed by atoms with E-state index < -0.39 is 10.0 Å². The Morgan fingerprint density at radius 2 is 1.88 bits per heavy atom. The van der Waals surface area contributed by atoms with Crippen LogP contribution in [0.4, 0.5) is 5.13 Å². The van der Waals surface area contributed by atoms with Crippen molar-refractivity contribution in [2.75, 3.05) is 4.72 Å². The van der Waals surface area contributed by atoms with Crippen molar-refractivity contribution in [2.45, 2.75) is 18.7 Å². The molecule has 0 atom stereocenters. The molecular weight excluding hydrogens is 258 g/mol. The van der Waals surface area contributed by atoms with Gasteiger partial charge in [-0.15, -0.1) is 10.2 Å². The van der Waals surface area contributed by atoms with Crippen LogP contribution in [-0.2, 0) is 10.0 Å². The van der Waals surface area contributed by atoms with E-state index in [1.807, 2.05) is 0 Å². The molecule has 0 spiro atoms. The maximum Gasteiger partial charge on any atom is 0.263 e. The van der Waals surface area contributed by atoms with Crippen LogP contribution >= 0.6 is 11.3 Å². The molecule has 0 radical (unpaired) electrons. The van der Waals surface area contributed by atoms with E-state index in [0.717, 1.165) is 0 Å². The van der Waals surface area contributed by atoms with E-state index in [1.165, 1.54) is 11.3 Å². The van der Waals surface area contributed by atoms with Crippen LogP contribution in [-0.4, -0.2) is 18.6 Å². The number of hydrogen-bond acceptors (Lipinski definition) is 5. The highest BCUT2D eigenvalue weighted by Crippen LogP contribution is 2.21. The maximum absolute atomic E-state index is 12.1. The van der Waals surface area contributed by atoms with Crippen molar-refractivity contribution in [2.24, 2.45) is 0 Å². The fraction of sp³-hybridized carbons (Fsp3) is 0.200. The van der Waals surface area contributed by atoms with Crippen LogP contribution in [0.5, 0.6) is 0 Å². The third-order valence-electron chi connectivity index (χ3n) is 2.13. The van der Waals surface area contributed by atoms with Gasteiger partial charge in [0.25, 0.3) is 10.0 Å². The summed E-state index contributed by atoms with van der Waals surface area (Å²) in [5.41, 5.74) is 0.696. The second-order valence-corrected chi connectivity index (χ2v) is 6.33. The third-order valence-corrected chi connectivity index (χ3v) is 4.51. The third kappa shape index (κ3) is 2.62. The van der Waals surface area contributed by atoms with Crippen molar-refractivity contribution in [1.82, 2.24) is 10.2 Å². The smallest absolute Gasteiger partial charge is 0.253 e. The van der Waals surface area contributed by atoms with Crippen LogP contribution in [0.15, 0.2) is 29.2 Å². The Bertz CT molecular complexity index is 635. The standard InChI is InChI=1S/C10H11N3O2S2/c1-7-5-3-4-6-9(7)17(14,15)13-10-12-11-8(2)16-10/h3-6H,1-2H3,(H,12,13). The average Bonchev–Trinajstić information content (AvgIpc) is 2.63. The van der Waals surface area contributed by atoms with Gasteiger partial charge in [0.2, 0.25) is 5.13 Å². The Kier molecular flexibility index (Phi) is 3.12. The number of sulfonamides is 1. The summed E-state index contributed by atoms with van der Waals surface area (Å²) >= 11 is 1.20. The van der Waals surface area contributed by atoms with Crippen molar-refractivity contribution < 1.29 is 8.42 Å². The van der Waals surface area contributed by atoms with Gasteiger partial charge in [-0.25, -0.2) is 8.42 Å². The van der Waals surface area contributed by atoms with Gasteiger partial charge in [-0.05, 0) is 25.5 Å². The molecule has 0 saturated heterocycles. The number of anilines is 1. The fourth-order valence-corrected chi connectivity index (χ4v) is 3.43. The summed E-state index contributed by atoms with van der Waals surface area (Å²) in [5, 5.41) is 8.49. The lowest BCUT2D eigenvalue weighted by atomic mass is 10.2. The molecule has 1 aromatic heterocycles. The van der Waals surface area contributed by atoms with Gasteiger partial charge in [-0.3, -0.25) is 4.72 Å². The van der Waals surface area contributed by atoms with Crippen molar-refractivity contribution in [3.63, 3.8) is 0 Å². The van der Waals surface area contributed by atoms with Gasteiger partial charge in [0.05, 0.1) is 4.90 Å². The minimum absolute atomic E-state index is 0.257. The summed E-state index contributed by atoms with van der Waals surface area (Å²) in [6.45, 7) is 3.52. The summed E-state index contributed by atoms with van der Waals surface area (Å²) in [5.74, 6) is 0. The average molecular weight is 269 g/mol.